The quantitative estimate of drug-likeness (QED) is 0.750. The molecular weight excluding hydrogens is 172 g/mol. The van der Waals surface area contributed by atoms with Crippen molar-refractivity contribution in [2.45, 2.75) is 58.0 Å². The van der Waals surface area contributed by atoms with Gasteiger partial charge in [-0.1, -0.05) is 26.7 Å². The number of hydrogen-bond donors (Lipinski definition) is 1. The van der Waals surface area contributed by atoms with Crippen LogP contribution in [0.25, 0.3) is 0 Å². The molecule has 0 spiro atoms. The summed E-state index contributed by atoms with van der Waals surface area (Å²) in [5.41, 5.74) is 5.78. The fourth-order valence-corrected chi connectivity index (χ4v) is 2.69. The molecule has 0 saturated heterocycles. The largest absolute Gasteiger partial charge is 0.329 e. The van der Waals surface area contributed by atoms with E-state index in [0.29, 0.717) is 6.04 Å². The Bertz CT molecular complexity index is 154. The molecule has 0 aliphatic heterocycles. The van der Waals surface area contributed by atoms with Crippen LogP contribution in [-0.4, -0.2) is 30.6 Å². The number of rotatable bonds is 4. The molecule has 0 aromatic carbocycles. The minimum Gasteiger partial charge on any atom is -0.329 e. The summed E-state index contributed by atoms with van der Waals surface area (Å²) in [7, 11) is 2.25. The lowest BCUT2D eigenvalue weighted by Gasteiger charge is -2.38. The Hall–Kier alpha value is -0.0800. The van der Waals surface area contributed by atoms with Crippen LogP contribution in [0, 0.1) is 5.92 Å². The average Bonchev–Trinajstić information content (AvgIpc) is 2.19. The number of nitrogens with two attached hydrogens (primary N) is 1. The first-order valence-electron chi connectivity index (χ1n) is 6.11. The van der Waals surface area contributed by atoms with E-state index >= 15 is 0 Å². The Labute approximate surface area is 88.8 Å². The molecule has 3 unspecified atom stereocenters. The van der Waals surface area contributed by atoms with Crippen LogP contribution in [-0.2, 0) is 0 Å². The number of hydrogen-bond acceptors (Lipinski definition) is 2. The second-order valence-corrected chi connectivity index (χ2v) is 4.89. The van der Waals surface area contributed by atoms with Gasteiger partial charge in [0.1, 0.15) is 0 Å². The van der Waals surface area contributed by atoms with Gasteiger partial charge in [0.2, 0.25) is 0 Å². The van der Waals surface area contributed by atoms with E-state index < -0.39 is 0 Å². The van der Waals surface area contributed by atoms with E-state index in [0.717, 1.165) is 18.5 Å². The number of nitrogens with zero attached hydrogens (tertiary/aromatic N) is 1. The van der Waals surface area contributed by atoms with Crippen LogP contribution in [0.2, 0.25) is 0 Å². The van der Waals surface area contributed by atoms with Crippen molar-refractivity contribution >= 4 is 0 Å². The molecule has 0 amide bonds. The van der Waals surface area contributed by atoms with E-state index in [-0.39, 0.29) is 0 Å². The molecule has 0 radical (unpaired) electrons. The Balaban J connectivity index is 2.45. The zero-order valence-electron chi connectivity index (χ0n) is 10.00. The van der Waals surface area contributed by atoms with Gasteiger partial charge in [0.15, 0.2) is 0 Å². The average molecular weight is 198 g/mol. The molecule has 14 heavy (non-hydrogen) atoms. The summed E-state index contributed by atoms with van der Waals surface area (Å²) >= 11 is 0. The molecule has 1 aliphatic carbocycles. The molecule has 0 aromatic rings. The highest BCUT2D eigenvalue weighted by Gasteiger charge is 2.25. The summed E-state index contributed by atoms with van der Waals surface area (Å²) in [6, 6.07) is 1.37. The highest BCUT2D eigenvalue weighted by atomic mass is 15.2. The molecule has 2 N–H and O–H groups in total. The summed E-state index contributed by atoms with van der Waals surface area (Å²) < 4.78 is 0. The van der Waals surface area contributed by atoms with Crippen molar-refractivity contribution in [2.24, 2.45) is 11.7 Å². The molecule has 1 fully saturated rings. The van der Waals surface area contributed by atoms with Crippen molar-refractivity contribution in [3.63, 3.8) is 0 Å². The lowest BCUT2D eigenvalue weighted by molar-refractivity contribution is 0.118. The van der Waals surface area contributed by atoms with Crippen LogP contribution in [0.4, 0.5) is 0 Å². The summed E-state index contributed by atoms with van der Waals surface area (Å²) in [4.78, 5) is 2.52. The second-order valence-electron chi connectivity index (χ2n) is 4.89. The van der Waals surface area contributed by atoms with Crippen LogP contribution >= 0.6 is 0 Å². The van der Waals surface area contributed by atoms with Crippen molar-refractivity contribution in [3.05, 3.63) is 0 Å². The lowest BCUT2D eigenvalue weighted by Crippen LogP contribution is -2.45. The maximum absolute atomic E-state index is 5.78. The van der Waals surface area contributed by atoms with Gasteiger partial charge in [-0.3, -0.25) is 4.90 Å². The Morgan fingerprint density at radius 2 is 2.14 bits per heavy atom. The third-order valence-electron chi connectivity index (χ3n) is 3.80. The molecule has 0 aromatic heterocycles. The highest BCUT2D eigenvalue weighted by molar-refractivity contribution is 4.81. The minimum atomic E-state index is 0.588. The smallest absolute Gasteiger partial charge is 0.0215 e. The first-order chi connectivity index (χ1) is 6.69. The van der Waals surface area contributed by atoms with Crippen LogP contribution in [0.3, 0.4) is 0 Å². The third kappa shape index (κ3) is 2.96. The summed E-state index contributed by atoms with van der Waals surface area (Å²) in [5.74, 6) is 0.909. The van der Waals surface area contributed by atoms with Crippen molar-refractivity contribution in [3.8, 4) is 0 Å². The van der Waals surface area contributed by atoms with E-state index in [1.165, 1.54) is 32.1 Å². The first kappa shape index (κ1) is 12.0. The van der Waals surface area contributed by atoms with E-state index in [4.69, 9.17) is 5.73 Å². The molecule has 2 nitrogen and oxygen atoms in total. The zero-order valence-corrected chi connectivity index (χ0v) is 10.00. The highest BCUT2D eigenvalue weighted by Crippen LogP contribution is 2.27. The molecule has 84 valence electrons. The van der Waals surface area contributed by atoms with Crippen LogP contribution < -0.4 is 5.73 Å². The monoisotopic (exact) mass is 198 g/mol. The summed E-state index contributed by atoms with van der Waals surface area (Å²) in [6.07, 6.45) is 6.74. The SMILES string of the molecule is CCC(CN)N(C)C1CCCC(C)C1. The second kappa shape index (κ2) is 5.72. The Morgan fingerprint density at radius 3 is 2.64 bits per heavy atom. The first-order valence-corrected chi connectivity index (χ1v) is 6.11. The van der Waals surface area contributed by atoms with Crippen molar-refractivity contribution in [2.75, 3.05) is 13.6 Å². The minimum absolute atomic E-state index is 0.588. The standard InChI is InChI=1S/C12H26N2/c1-4-11(9-13)14(3)12-7-5-6-10(2)8-12/h10-12H,4-9,13H2,1-3H3. The lowest BCUT2D eigenvalue weighted by atomic mass is 9.86. The van der Waals surface area contributed by atoms with E-state index in [1.54, 1.807) is 0 Å². The van der Waals surface area contributed by atoms with E-state index in [1.807, 2.05) is 0 Å². The number of likely N-dealkylation sites (N-methyl/N-ethyl adjacent to an activating group) is 1. The van der Waals surface area contributed by atoms with Gasteiger partial charge in [0.25, 0.3) is 0 Å². The fourth-order valence-electron chi connectivity index (χ4n) is 2.69. The third-order valence-corrected chi connectivity index (χ3v) is 3.80. The van der Waals surface area contributed by atoms with Crippen molar-refractivity contribution in [1.29, 1.82) is 0 Å². The van der Waals surface area contributed by atoms with Crippen LogP contribution in [0.5, 0.6) is 0 Å². The van der Waals surface area contributed by atoms with Gasteiger partial charge in [0.05, 0.1) is 0 Å². The summed E-state index contributed by atoms with van der Waals surface area (Å²) in [6.45, 7) is 5.42. The maximum atomic E-state index is 5.78. The molecule has 1 rings (SSSR count). The van der Waals surface area contributed by atoms with Gasteiger partial charge in [-0.2, -0.15) is 0 Å². The van der Waals surface area contributed by atoms with Gasteiger partial charge < -0.3 is 5.73 Å². The van der Waals surface area contributed by atoms with Gasteiger partial charge in [-0.25, -0.2) is 0 Å². The zero-order chi connectivity index (χ0) is 10.6. The van der Waals surface area contributed by atoms with Crippen LogP contribution in [0.15, 0.2) is 0 Å². The van der Waals surface area contributed by atoms with Crippen LogP contribution in [0.1, 0.15) is 46.0 Å². The Kier molecular flexibility index (Phi) is 4.90. The molecule has 1 aliphatic rings. The molecule has 3 atom stereocenters. The molecular formula is C12H26N2. The molecule has 0 heterocycles. The topological polar surface area (TPSA) is 29.3 Å². The van der Waals surface area contributed by atoms with Gasteiger partial charge in [0, 0.05) is 18.6 Å². The van der Waals surface area contributed by atoms with Gasteiger partial charge >= 0.3 is 0 Å². The van der Waals surface area contributed by atoms with E-state index in [2.05, 4.69) is 25.8 Å². The molecule has 0 bridgehead atoms. The van der Waals surface area contributed by atoms with E-state index in [9.17, 15) is 0 Å². The summed E-state index contributed by atoms with van der Waals surface area (Å²) in [5, 5.41) is 0. The fraction of sp³-hybridized carbons (Fsp3) is 1.00. The predicted octanol–water partition coefficient (Wildman–Crippen LogP) is 2.23. The van der Waals surface area contributed by atoms with Crippen molar-refractivity contribution in [1.82, 2.24) is 4.90 Å². The van der Waals surface area contributed by atoms with Gasteiger partial charge in [-0.05, 0) is 32.2 Å². The molecule has 1 saturated carbocycles. The van der Waals surface area contributed by atoms with Crippen molar-refractivity contribution < 1.29 is 0 Å². The Morgan fingerprint density at radius 1 is 1.43 bits per heavy atom. The molecule has 2 heteroatoms. The maximum Gasteiger partial charge on any atom is 0.0215 e. The van der Waals surface area contributed by atoms with Gasteiger partial charge in [-0.15, -0.1) is 0 Å². The normalized spacial score (nSPS) is 30.6. The predicted molar refractivity (Wildman–Crippen MR) is 62.3 cm³/mol.